The Bertz CT molecular complexity index is 527. The van der Waals surface area contributed by atoms with Crippen LogP contribution in [0.5, 0.6) is 11.5 Å². The zero-order chi connectivity index (χ0) is 14.2. The monoisotopic (exact) mass is 277 g/mol. The fourth-order valence-corrected chi connectivity index (χ4v) is 1.49. The molecule has 2 aromatic rings. The number of benzene rings is 1. The van der Waals surface area contributed by atoms with Crippen molar-refractivity contribution < 1.29 is 14.3 Å². The lowest BCUT2D eigenvalue weighted by Gasteiger charge is -2.07. The number of carbonyl (C=O) groups is 1. The second-order valence-electron chi connectivity index (χ2n) is 3.88. The molecule has 8 heteroatoms. The van der Waals surface area contributed by atoms with Gasteiger partial charge in [-0.25, -0.2) is 0 Å². The molecular weight excluding hydrogens is 262 g/mol. The summed E-state index contributed by atoms with van der Waals surface area (Å²) in [4.78, 5) is 11.5. The van der Waals surface area contributed by atoms with Crippen LogP contribution in [0.1, 0.15) is 5.82 Å². The highest BCUT2D eigenvalue weighted by Gasteiger charge is 2.06. The number of carbonyl (C=O) groups excluding carboxylic acids is 1. The number of hydrogen-bond acceptors (Lipinski definition) is 6. The summed E-state index contributed by atoms with van der Waals surface area (Å²) in [5.41, 5.74) is 0. The van der Waals surface area contributed by atoms with Gasteiger partial charge in [0.2, 0.25) is 5.91 Å². The van der Waals surface area contributed by atoms with Gasteiger partial charge in [-0.1, -0.05) is 5.21 Å². The van der Waals surface area contributed by atoms with Crippen LogP contribution in [0.25, 0.3) is 0 Å². The van der Waals surface area contributed by atoms with Gasteiger partial charge in [0.05, 0.1) is 20.1 Å². The number of amides is 1. The lowest BCUT2D eigenvalue weighted by atomic mass is 10.3. The number of ether oxygens (including phenoxy) is 2. The molecular formula is C12H15N5O3. The van der Waals surface area contributed by atoms with Crippen LogP contribution in [-0.4, -0.2) is 46.8 Å². The standard InChI is InChI=1S/C12H15N5O3/c1-19-9-2-4-10(5-3-9)20-7-6-13-12(18)8-11-14-16-17-15-11/h2-5H,6-8H2,1H3,(H,13,18)(H,14,15,16,17). The van der Waals surface area contributed by atoms with E-state index in [1.54, 1.807) is 19.2 Å². The third-order valence-electron chi connectivity index (χ3n) is 2.46. The molecule has 0 bridgehead atoms. The van der Waals surface area contributed by atoms with E-state index < -0.39 is 0 Å². The molecule has 1 aromatic heterocycles. The van der Waals surface area contributed by atoms with Gasteiger partial charge in [0.15, 0.2) is 5.82 Å². The van der Waals surface area contributed by atoms with Gasteiger partial charge in [-0.05, 0) is 24.3 Å². The van der Waals surface area contributed by atoms with Gasteiger partial charge in [-0.2, -0.15) is 5.21 Å². The molecule has 0 aliphatic rings. The summed E-state index contributed by atoms with van der Waals surface area (Å²) >= 11 is 0. The van der Waals surface area contributed by atoms with E-state index in [4.69, 9.17) is 9.47 Å². The van der Waals surface area contributed by atoms with Crippen molar-refractivity contribution in [3.63, 3.8) is 0 Å². The van der Waals surface area contributed by atoms with Crippen LogP contribution >= 0.6 is 0 Å². The fraction of sp³-hybridized carbons (Fsp3) is 0.333. The van der Waals surface area contributed by atoms with Crippen LogP contribution < -0.4 is 14.8 Å². The Kier molecular flexibility index (Phi) is 4.87. The van der Waals surface area contributed by atoms with Crippen molar-refractivity contribution in [3.8, 4) is 11.5 Å². The van der Waals surface area contributed by atoms with Crippen LogP contribution in [0.15, 0.2) is 24.3 Å². The van der Waals surface area contributed by atoms with E-state index in [2.05, 4.69) is 25.9 Å². The summed E-state index contributed by atoms with van der Waals surface area (Å²) in [6.45, 7) is 0.785. The normalized spacial score (nSPS) is 10.1. The second kappa shape index (κ2) is 7.07. The molecule has 0 aliphatic heterocycles. The molecule has 8 nitrogen and oxygen atoms in total. The molecule has 0 aliphatic carbocycles. The first-order valence-corrected chi connectivity index (χ1v) is 6.04. The number of aromatic nitrogens is 4. The third kappa shape index (κ3) is 4.23. The van der Waals surface area contributed by atoms with Crippen LogP contribution in [-0.2, 0) is 11.2 Å². The molecule has 2 N–H and O–H groups in total. The Morgan fingerprint density at radius 1 is 1.30 bits per heavy atom. The van der Waals surface area contributed by atoms with E-state index in [0.29, 0.717) is 19.0 Å². The van der Waals surface area contributed by atoms with Crippen molar-refractivity contribution in [3.05, 3.63) is 30.1 Å². The predicted molar refractivity (Wildman–Crippen MR) is 69.4 cm³/mol. The average molecular weight is 277 g/mol. The Balaban J connectivity index is 1.64. The van der Waals surface area contributed by atoms with Crippen molar-refractivity contribution in [1.29, 1.82) is 0 Å². The molecule has 0 fully saturated rings. The highest BCUT2D eigenvalue weighted by Crippen LogP contribution is 2.16. The molecule has 1 amide bonds. The van der Waals surface area contributed by atoms with Gasteiger partial charge in [-0.3, -0.25) is 4.79 Å². The molecule has 20 heavy (non-hydrogen) atoms. The number of aromatic amines is 1. The summed E-state index contributed by atoms with van der Waals surface area (Å²) < 4.78 is 10.5. The number of rotatable bonds is 7. The molecule has 1 aromatic carbocycles. The van der Waals surface area contributed by atoms with Gasteiger partial charge >= 0.3 is 0 Å². The fourth-order valence-electron chi connectivity index (χ4n) is 1.49. The minimum Gasteiger partial charge on any atom is -0.497 e. The zero-order valence-corrected chi connectivity index (χ0v) is 11.0. The highest BCUT2D eigenvalue weighted by atomic mass is 16.5. The molecule has 0 unspecified atom stereocenters. The molecule has 0 atom stereocenters. The summed E-state index contributed by atoms with van der Waals surface area (Å²) in [5.74, 6) is 1.67. The average Bonchev–Trinajstić information content (AvgIpc) is 2.97. The Morgan fingerprint density at radius 3 is 2.70 bits per heavy atom. The summed E-state index contributed by atoms with van der Waals surface area (Å²) in [5, 5.41) is 15.8. The van der Waals surface area contributed by atoms with E-state index in [1.807, 2.05) is 12.1 Å². The summed E-state index contributed by atoms with van der Waals surface area (Å²) in [7, 11) is 1.61. The zero-order valence-electron chi connectivity index (χ0n) is 11.0. The molecule has 106 valence electrons. The van der Waals surface area contributed by atoms with Gasteiger partial charge < -0.3 is 14.8 Å². The minimum atomic E-state index is -0.176. The van der Waals surface area contributed by atoms with E-state index in [9.17, 15) is 4.79 Å². The molecule has 1 heterocycles. The Morgan fingerprint density at radius 2 is 2.05 bits per heavy atom. The SMILES string of the molecule is COc1ccc(OCCNC(=O)Cc2nn[nH]n2)cc1. The highest BCUT2D eigenvalue weighted by molar-refractivity contribution is 5.77. The maximum Gasteiger partial charge on any atom is 0.227 e. The molecule has 0 spiro atoms. The summed E-state index contributed by atoms with van der Waals surface area (Å²) in [6, 6.07) is 7.23. The quantitative estimate of drug-likeness (QED) is 0.688. The summed E-state index contributed by atoms with van der Waals surface area (Å²) in [6.07, 6.45) is 0.0963. The van der Waals surface area contributed by atoms with Gasteiger partial charge in [0.1, 0.15) is 18.1 Å². The van der Waals surface area contributed by atoms with Crippen molar-refractivity contribution in [2.75, 3.05) is 20.3 Å². The van der Waals surface area contributed by atoms with Crippen LogP contribution in [0.2, 0.25) is 0 Å². The van der Waals surface area contributed by atoms with Gasteiger partial charge in [0, 0.05) is 0 Å². The first-order valence-electron chi connectivity index (χ1n) is 6.04. The smallest absolute Gasteiger partial charge is 0.227 e. The van der Waals surface area contributed by atoms with E-state index >= 15 is 0 Å². The van der Waals surface area contributed by atoms with Crippen molar-refractivity contribution >= 4 is 5.91 Å². The number of H-pyrrole nitrogens is 1. The predicted octanol–water partition coefficient (Wildman–Crippen LogP) is -0.0540. The Hall–Kier alpha value is -2.64. The second-order valence-corrected chi connectivity index (χ2v) is 3.88. The molecule has 0 saturated heterocycles. The minimum absolute atomic E-state index is 0.0963. The Labute approximate surface area is 115 Å². The first kappa shape index (κ1) is 13.8. The van der Waals surface area contributed by atoms with Crippen LogP contribution in [0.4, 0.5) is 0 Å². The third-order valence-corrected chi connectivity index (χ3v) is 2.46. The molecule has 2 rings (SSSR count). The van der Waals surface area contributed by atoms with Crippen molar-refractivity contribution in [2.24, 2.45) is 0 Å². The largest absolute Gasteiger partial charge is 0.497 e. The number of methoxy groups -OCH3 is 1. The lowest BCUT2D eigenvalue weighted by Crippen LogP contribution is -2.29. The first-order chi connectivity index (χ1) is 9.78. The number of nitrogens with one attached hydrogen (secondary N) is 2. The topological polar surface area (TPSA) is 102 Å². The van der Waals surface area contributed by atoms with Gasteiger partial charge in [0.25, 0.3) is 0 Å². The lowest BCUT2D eigenvalue weighted by molar-refractivity contribution is -0.120. The maximum atomic E-state index is 11.5. The van der Waals surface area contributed by atoms with Crippen LogP contribution in [0, 0.1) is 0 Å². The molecule has 0 radical (unpaired) electrons. The van der Waals surface area contributed by atoms with Gasteiger partial charge in [-0.15, -0.1) is 10.2 Å². The van der Waals surface area contributed by atoms with Crippen LogP contribution in [0.3, 0.4) is 0 Å². The number of nitrogens with zero attached hydrogens (tertiary/aromatic N) is 3. The van der Waals surface area contributed by atoms with Crippen molar-refractivity contribution in [2.45, 2.75) is 6.42 Å². The maximum absolute atomic E-state index is 11.5. The van der Waals surface area contributed by atoms with E-state index in [1.165, 1.54) is 0 Å². The number of tetrazole rings is 1. The van der Waals surface area contributed by atoms with E-state index in [-0.39, 0.29) is 12.3 Å². The molecule has 0 saturated carbocycles. The van der Waals surface area contributed by atoms with Crippen molar-refractivity contribution in [1.82, 2.24) is 25.9 Å². The number of hydrogen-bond donors (Lipinski definition) is 2. The van der Waals surface area contributed by atoms with E-state index in [0.717, 1.165) is 11.5 Å².